The van der Waals surface area contributed by atoms with Gasteiger partial charge in [0.15, 0.2) is 0 Å². The van der Waals surface area contributed by atoms with Crippen molar-refractivity contribution in [2.45, 2.75) is 39.2 Å². The third kappa shape index (κ3) is 2.14. The molecule has 1 heterocycles. The third-order valence-electron chi connectivity index (χ3n) is 3.18. The fourth-order valence-corrected chi connectivity index (χ4v) is 2.14. The number of carbonyl (C=O) groups excluding carboxylic acids is 1. The second-order valence-electron chi connectivity index (χ2n) is 4.70. The van der Waals surface area contributed by atoms with Crippen LogP contribution in [0.2, 0.25) is 0 Å². The number of aryl methyl sites for hydroxylation is 2. The highest BCUT2D eigenvalue weighted by Crippen LogP contribution is 2.29. The maximum atomic E-state index is 12.5. The predicted molar refractivity (Wildman–Crippen MR) is 66.7 cm³/mol. The molecule has 2 rings (SSSR count). The molecule has 1 saturated carbocycles. The Morgan fingerprint density at radius 3 is 2.65 bits per heavy atom. The Morgan fingerprint density at radius 2 is 2.24 bits per heavy atom. The molecule has 0 saturated heterocycles. The van der Waals surface area contributed by atoms with Gasteiger partial charge in [-0.2, -0.15) is 5.10 Å². The number of hydrogen-bond donors (Lipinski definition) is 1. The number of amides is 1. The Labute approximate surface area is 102 Å². The van der Waals surface area contributed by atoms with Crippen LogP contribution in [-0.2, 0) is 7.05 Å². The van der Waals surface area contributed by atoms with Crippen molar-refractivity contribution < 1.29 is 4.79 Å². The largest absolute Gasteiger partial charge is 0.395 e. The zero-order chi connectivity index (χ0) is 12.6. The molecular formula is C12H20N4O. The Hall–Kier alpha value is -1.52. The van der Waals surface area contributed by atoms with Crippen LogP contribution < -0.4 is 5.73 Å². The van der Waals surface area contributed by atoms with Crippen LogP contribution in [0.5, 0.6) is 0 Å². The van der Waals surface area contributed by atoms with Crippen molar-refractivity contribution in [2.75, 3.05) is 12.3 Å². The van der Waals surface area contributed by atoms with Gasteiger partial charge in [0.2, 0.25) is 0 Å². The number of anilines is 1. The molecule has 0 aromatic carbocycles. The van der Waals surface area contributed by atoms with Crippen molar-refractivity contribution in [3.8, 4) is 0 Å². The van der Waals surface area contributed by atoms with Crippen LogP contribution in [0.1, 0.15) is 42.4 Å². The van der Waals surface area contributed by atoms with E-state index in [1.54, 1.807) is 11.7 Å². The molecule has 94 valence electrons. The number of carbonyl (C=O) groups is 1. The summed E-state index contributed by atoms with van der Waals surface area (Å²) >= 11 is 0. The second-order valence-corrected chi connectivity index (χ2v) is 4.70. The average molecular weight is 236 g/mol. The van der Waals surface area contributed by atoms with E-state index in [0.717, 1.165) is 31.5 Å². The first kappa shape index (κ1) is 12.0. The van der Waals surface area contributed by atoms with Crippen LogP contribution in [0.4, 0.5) is 5.69 Å². The van der Waals surface area contributed by atoms with E-state index >= 15 is 0 Å². The molecule has 1 aliphatic carbocycles. The summed E-state index contributed by atoms with van der Waals surface area (Å²) in [6.45, 7) is 4.71. The van der Waals surface area contributed by atoms with Crippen molar-refractivity contribution in [1.82, 2.24) is 14.7 Å². The van der Waals surface area contributed by atoms with Crippen molar-refractivity contribution in [1.29, 1.82) is 0 Å². The minimum absolute atomic E-state index is 0.0231. The SMILES string of the molecule is CCCN(C(=O)c1c(N)c(C)nn1C)C1CC1. The Bertz CT molecular complexity index is 434. The van der Waals surface area contributed by atoms with E-state index in [2.05, 4.69) is 12.0 Å². The number of hydrogen-bond acceptors (Lipinski definition) is 3. The van der Waals surface area contributed by atoms with Crippen LogP contribution in [-0.4, -0.2) is 33.2 Å². The van der Waals surface area contributed by atoms with Gasteiger partial charge >= 0.3 is 0 Å². The van der Waals surface area contributed by atoms with Gasteiger partial charge in [0.25, 0.3) is 5.91 Å². The first-order valence-electron chi connectivity index (χ1n) is 6.16. The number of nitrogens with zero attached hydrogens (tertiary/aromatic N) is 3. The molecule has 0 bridgehead atoms. The number of nitrogen functional groups attached to an aromatic ring is 1. The van der Waals surface area contributed by atoms with E-state index in [-0.39, 0.29) is 5.91 Å². The monoisotopic (exact) mass is 236 g/mol. The summed E-state index contributed by atoms with van der Waals surface area (Å²) in [6, 6.07) is 0.414. The zero-order valence-corrected chi connectivity index (χ0v) is 10.7. The lowest BCUT2D eigenvalue weighted by molar-refractivity contribution is 0.0733. The number of aromatic nitrogens is 2. The Morgan fingerprint density at radius 1 is 1.59 bits per heavy atom. The van der Waals surface area contributed by atoms with Gasteiger partial charge in [0.05, 0.1) is 11.4 Å². The lowest BCUT2D eigenvalue weighted by Crippen LogP contribution is -2.35. The summed E-state index contributed by atoms with van der Waals surface area (Å²) in [5, 5.41) is 4.20. The van der Waals surface area contributed by atoms with E-state index in [0.29, 0.717) is 17.4 Å². The van der Waals surface area contributed by atoms with E-state index in [1.807, 2.05) is 11.8 Å². The fraction of sp³-hybridized carbons (Fsp3) is 0.667. The summed E-state index contributed by atoms with van der Waals surface area (Å²) in [7, 11) is 1.77. The lowest BCUT2D eigenvalue weighted by Gasteiger charge is -2.21. The molecule has 0 radical (unpaired) electrons. The molecule has 5 heteroatoms. The molecule has 5 nitrogen and oxygen atoms in total. The first-order chi connectivity index (χ1) is 8.06. The maximum absolute atomic E-state index is 12.5. The van der Waals surface area contributed by atoms with Gasteiger partial charge in [-0.15, -0.1) is 0 Å². The smallest absolute Gasteiger partial charge is 0.274 e. The van der Waals surface area contributed by atoms with Crippen molar-refractivity contribution in [2.24, 2.45) is 7.05 Å². The summed E-state index contributed by atoms with van der Waals surface area (Å²) < 4.78 is 1.60. The van der Waals surface area contributed by atoms with E-state index in [9.17, 15) is 4.79 Å². The molecule has 1 aliphatic rings. The van der Waals surface area contributed by atoms with Gasteiger partial charge in [-0.05, 0) is 26.2 Å². The molecule has 1 aromatic rings. The Balaban J connectivity index is 2.28. The van der Waals surface area contributed by atoms with Gasteiger partial charge in [-0.3, -0.25) is 9.48 Å². The van der Waals surface area contributed by atoms with Crippen molar-refractivity contribution in [3.05, 3.63) is 11.4 Å². The molecular weight excluding hydrogens is 216 g/mol. The van der Waals surface area contributed by atoms with Crippen molar-refractivity contribution in [3.63, 3.8) is 0 Å². The molecule has 0 unspecified atom stereocenters. The van der Waals surface area contributed by atoms with Crippen LogP contribution in [0, 0.1) is 6.92 Å². The molecule has 1 amide bonds. The summed E-state index contributed by atoms with van der Waals surface area (Å²) in [5.74, 6) is 0.0231. The van der Waals surface area contributed by atoms with Crippen LogP contribution >= 0.6 is 0 Å². The second kappa shape index (κ2) is 4.39. The lowest BCUT2D eigenvalue weighted by atomic mass is 10.2. The molecule has 1 fully saturated rings. The van der Waals surface area contributed by atoms with Crippen LogP contribution in [0.3, 0.4) is 0 Å². The number of rotatable bonds is 4. The molecule has 0 aliphatic heterocycles. The van der Waals surface area contributed by atoms with Crippen molar-refractivity contribution >= 4 is 11.6 Å². The van der Waals surface area contributed by atoms with E-state index < -0.39 is 0 Å². The summed E-state index contributed by atoms with van der Waals surface area (Å²) in [5.41, 5.74) is 7.70. The van der Waals surface area contributed by atoms with Gasteiger partial charge in [0.1, 0.15) is 5.69 Å². The highest BCUT2D eigenvalue weighted by atomic mass is 16.2. The maximum Gasteiger partial charge on any atom is 0.274 e. The average Bonchev–Trinajstić information content (AvgIpc) is 3.05. The third-order valence-corrected chi connectivity index (χ3v) is 3.18. The normalized spacial score (nSPS) is 15.0. The number of nitrogens with two attached hydrogens (primary N) is 1. The molecule has 0 atom stereocenters. The van der Waals surface area contributed by atoms with Gasteiger partial charge < -0.3 is 10.6 Å². The molecule has 2 N–H and O–H groups in total. The zero-order valence-electron chi connectivity index (χ0n) is 10.7. The quantitative estimate of drug-likeness (QED) is 0.857. The van der Waals surface area contributed by atoms with Gasteiger partial charge in [0, 0.05) is 19.6 Å². The first-order valence-corrected chi connectivity index (χ1v) is 6.16. The summed E-state index contributed by atoms with van der Waals surface area (Å²) in [4.78, 5) is 14.4. The van der Waals surface area contributed by atoms with E-state index in [1.165, 1.54) is 0 Å². The van der Waals surface area contributed by atoms with Crippen LogP contribution in [0.25, 0.3) is 0 Å². The predicted octanol–water partition coefficient (Wildman–Crippen LogP) is 1.33. The molecule has 0 spiro atoms. The topological polar surface area (TPSA) is 64.2 Å². The van der Waals surface area contributed by atoms with Gasteiger partial charge in [-0.25, -0.2) is 0 Å². The standard InChI is InChI=1S/C12H20N4O/c1-4-7-16(9-5-6-9)12(17)11-10(13)8(2)14-15(11)3/h9H,4-7,13H2,1-3H3. The minimum Gasteiger partial charge on any atom is -0.395 e. The highest BCUT2D eigenvalue weighted by molar-refractivity contribution is 5.98. The minimum atomic E-state index is 0.0231. The summed E-state index contributed by atoms with van der Waals surface area (Å²) in [6.07, 6.45) is 3.20. The molecule has 17 heavy (non-hydrogen) atoms. The Kier molecular flexibility index (Phi) is 3.09. The van der Waals surface area contributed by atoms with Gasteiger partial charge in [-0.1, -0.05) is 6.92 Å². The highest BCUT2D eigenvalue weighted by Gasteiger charge is 2.34. The van der Waals surface area contributed by atoms with E-state index in [4.69, 9.17) is 5.73 Å². The molecule has 1 aromatic heterocycles. The van der Waals surface area contributed by atoms with Crippen LogP contribution in [0.15, 0.2) is 0 Å². The fourth-order valence-electron chi connectivity index (χ4n) is 2.14.